The summed E-state index contributed by atoms with van der Waals surface area (Å²) in [4.78, 5) is 23.9. The number of thiophene rings is 1. The number of amides is 2. The summed E-state index contributed by atoms with van der Waals surface area (Å²) in [7, 11) is 0. The summed E-state index contributed by atoms with van der Waals surface area (Å²) >= 11 is 1.41. The molecule has 0 aromatic carbocycles. The second-order valence-electron chi connectivity index (χ2n) is 4.12. The van der Waals surface area contributed by atoms with Gasteiger partial charge in [0.15, 0.2) is 0 Å². The zero-order valence-electron chi connectivity index (χ0n) is 9.29. The molecule has 1 saturated carbocycles. The molecule has 2 rings (SSSR count). The van der Waals surface area contributed by atoms with Crippen LogP contribution in [-0.2, 0) is 4.79 Å². The monoisotopic (exact) mass is 238 g/mol. The van der Waals surface area contributed by atoms with Crippen LogP contribution in [0.5, 0.6) is 0 Å². The molecule has 1 fully saturated rings. The van der Waals surface area contributed by atoms with Gasteiger partial charge in [-0.2, -0.15) is 0 Å². The molecule has 0 atom stereocenters. The van der Waals surface area contributed by atoms with E-state index in [2.05, 4.69) is 5.32 Å². The third kappa shape index (κ3) is 1.95. The van der Waals surface area contributed by atoms with Crippen LogP contribution in [0.1, 0.15) is 33.6 Å². The Hall–Kier alpha value is -1.36. The van der Waals surface area contributed by atoms with E-state index in [0.717, 1.165) is 23.3 Å². The number of carbonyl (C=O) groups excluding carboxylic acids is 2. The molecule has 1 aliphatic rings. The normalized spacial score (nSPS) is 14.9. The molecule has 0 aliphatic heterocycles. The molecule has 0 spiro atoms. The molecule has 3 N–H and O–H groups in total. The first-order valence-electron chi connectivity index (χ1n) is 5.21. The van der Waals surface area contributed by atoms with E-state index in [4.69, 9.17) is 5.73 Å². The lowest BCUT2D eigenvalue weighted by Gasteiger charge is -2.03. The number of aryl methyl sites for hydroxylation is 1. The third-order valence-corrected chi connectivity index (χ3v) is 3.94. The number of hydrogen-bond acceptors (Lipinski definition) is 3. The van der Waals surface area contributed by atoms with Gasteiger partial charge in [-0.05, 0) is 32.3 Å². The van der Waals surface area contributed by atoms with Crippen molar-refractivity contribution in [3.63, 3.8) is 0 Å². The molecule has 1 aliphatic carbocycles. The van der Waals surface area contributed by atoms with Crippen LogP contribution in [-0.4, -0.2) is 11.8 Å². The van der Waals surface area contributed by atoms with Crippen LogP contribution < -0.4 is 11.1 Å². The lowest BCUT2D eigenvalue weighted by molar-refractivity contribution is -0.117. The molecule has 86 valence electrons. The Labute approximate surface area is 97.8 Å². The molecular formula is C11H14N2O2S. The zero-order valence-corrected chi connectivity index (χ0v) is 10.1. The van der Waals surface area contributed by atoms with Crippen molar-refractivity contribution in [1.29, 1.82) is 0 Å². The van der Waals surface area contributed by atoms with Gasteiger partial charge >= 0.3 is 0 Å². The summed E-state index contributed by atoms with van der Waals surface area (Å²) in [5.74, 6) is -0.347. The maximum atomic E-state index is 11.6. The van der Waals surface area contributed by atoms with E-state index in [1.165, 1.54) is 11.3 Å². The van der Waals surface area contributed by atoms with Crippen LogP contribution in [0, 0.1) is 19.8 Å². The highest BCUT2D eigenvalue weighted by molar-refractivity contribution is 7.16. The number of nitrogens with one attached hydrogen (secondary N) is 1. The summed E-state index contributed by atoms with van der Waals surface area (Å²) in [6.45, 7) is 3.76. The molecule has 0 bridgehead atoms. The Kier molecular flexibility index (Phi) is 2.71. The quantitative estimate of drug-likeness (QED) is 0.843. The van der Waals surface area contributed by atoms with Crippen LogP contribution in [0.4, 0.5) is 5.00 Å². The molecule has 5 heteroatoms. The van der Waals surface area contributed by atoms with Crippen molar-refractivity contribution in [2.45, 2.75) is 26.7 Å². The molecule has 1 heterocycles. The average molecular weight is 238 g/mol. The minimum absolute atomic E-state index is 0.00347. The van der Waals surface area contributed by atoms with Crippen molar-refractivity contribution in [3.8, 4) is 0 Å². The molecule has 0 saturated heterocycles. The topological polar surface area (TPSA) is 72.2 Å². The molecule has 16 heavy (non-hydrogen) atoms. The van der Waals surface area contributed by atoms with Crippen molar-refractivity contribution in [2.75, 3.05) is 5.32 Å². The standard InChI is InChI=1S/C11H14N2O2S/c1-5-6(2)16-11(8(5)9(12)14)13-10(15)7-3-4-7/h7H,3-4H2,1-2H3,(H2,12,14)(H,13,15). The Balaban J connectivity index is 2.28. The second-order valence-corrected chi connectivity index (χ2v) is 5.34. The number of rotatable bonds is 3. The van der Waals surface area contributed by atoms with Crippen molar-refractivity contribution in [2.24, 2.45) is 11.7 Å². The third-order valence-electron chi connectivity index (χ3n) is 2.82. The number of carbonyl (C=O) groups is 2. The van der Waals surface area contributed by atoms with E-state index < -0.39 is 5.91 Å². The Morgan fingerprint density at radius 1 is 1.38 bits per heavy atom. The highest BCUT2D eigenvalue weighted by Crippen LogP contribution is 2.35. The van der Waals surface area contributed by atoms with E-state index >= 15 is 0 Å². The molecule has 1 aromatic heterocycles. The van der Waals surface area contributed by atoms with Crippen molar-refractivity contribution < 1.29 is 9.59 Å². The van der Waals surface area contributed by atoms with Gasteiger partial charge in [0.2, 0.25) is 5.91 Å². The van der Waals surface area contributed by atoms with Gasteiger partial charge in [0.1, 0.15) is 5.00 Å². The summed E-state index contributed by atoms with van der Waals surface area (Å²) in [5, 5.41) is 3.39. The number of anilines is 1. The Morgan fingerprint density at radius 2 is 2.00 bits per heavy atom. The smallest absolute Gasteiger partial charge is 0.251 e. The largest absolute Gasteiger partial charge is 0.365 e. The number of nitrogens with two attached hydrogens (primary N) is 1. The number of primary amides is 1. The van der Waals surface area contributed by atoms with Gasteiger partial charge in [-0.3, -0.25) is 9.59 Å². The minimum Gasteiger partial charge on any atom is -0.365 e. The highest BCUT2D eigenvalue weighted by atomic mass is 32.1. The molecule has 1 aromatic rings. The SMILES string of the molecule is Cc1sc(NC(=O)C2CC2)c(C(N)=O)c1C. The maximum absolute atomic E-state index is 11.6. The van der Waals surface area contributed by atoms with E-state index in [1.54, 1.807) is 0 Å². The molecular weight excluding hydrogens is 224 g/mol. The van der Waals surface area contributed by atoms with E-state index in [0.29, 0.717) is 10.6 Å². The van der Waals surface area contributed by atoms with Crippen LogP contribution in [0.3, 0.4) is 0 Å². The zero-order chi connectivity index (χ0) is 11.9. The predicted octanol–water partition coefficient (Wildman–Crippen LogP) is 1.81. The molecule has 2 amide bonds. The van der Waals surface area contributed by atoms with Crippen LogP contribution >= 0.6 is 11.3 Å². The first kappa shape index (κ1) is 11.1. The van der Waals surface area contributed by atoms with Gasteiger partial charge in [0, 0.05) is 10.8 Å². The van der Waals surface area contributed by atoms with Gasteiger partial charge in [0.25, 0.3) is 5.91 Å². The van der Waals surface area contributed by atoms with E-state index in [1.807, 2.05) is 13.8 Å². The van der Waals surface area contributed by atoms with Gasteiger partial charge in [-0.25, -0.2) is 0 Å². The van der Waals surface area contributed by atoms with Crippen LogP contribution in [0.25, 0.3) is 0 Å². The Morgan fingerprint density at radius 3 is 2.50 bits per heavy atom. The first-order chi connectivity index (χ1) is 7.50. The lowest BCUT2D eigenvalue weighted by atomic mass is 10.1. The van der Waals surface area contributed by atoms with Crippen LogP contribution in [0.15, 0.2) is 0 Å². The van der Waals surface area contributed by atoms with Gasteiger partial charge in [-0.1, -0.05) is 0 Å². The Bertz CT molecular complexity index is 461. The van der Waals surface area contributed by atoms with Gasteiger partial charge < -0.3 is 11.1 Å². The van der Waals surface area contributed by atoms with Crippen molar-refractivity contribution >= 4 is 28.2 Å². The maximum Gasteiger partial charge on any atom is 0.251 e. The second kappa shape index (κ2) is 3.90. The van der Waals surface area contributed by atoms with Gasteiger partial charge in [-0.15, -0.1) is 11.3 Å². The average Bonchev–Trinajstić information content (AvgIpc) is 2.96. The molecule has 0 radical (unpaired) electrons. The van der Waals surface area contributed by atoms with Crippen molar-refractivity contribution in [3.05, 3.63) is 16.0 Å². The van der Waals surface area contributed by atoms with E-state index in [9.17, 15) is 9.59 Å². The first-order valence-corrected chi connectivity index (χ1v) is 6.03. The fourth-order valence-corrected chi connectivity index (χ4v) is 2.64. The fourth-order valence-electron chi connectivity index (χ4n) is 1.57. The predicted molar refractivity (Wildman–Crippen MR) is 63.7 cm³/mol. The highest BCUT2D eigenvalue weighted by Gasteiger charge is 2.31. The molecule has 0 unspecified atom stereocenters. The number of hydrogen-bond donors (Lipinski definition) is 2. The van der Waals surface area contributed by atoms with E-state index in [-0.39, 0.29) is 11.8 Å². The summed E-state index contributed by atoms with van der Waals surface area (Å²) in [6.07, 6.45) is 1.89. The summed E-state index contributed by atoms with van der Waals surface area (Å²) < 4.78 is 0. The van der Waals surface area contributed by atoms with Gasteiger partial charge in [0.05, 0.1) is 5.56 Å². The summed E-state index contributed by atoms with van der Waals surface area (Å²) in [6, 6.07) is 0. The minimum atomic E-state index is -0.479. The molecule has 4 nitrogen and oxygen atoms in total. The summed E-state index contributed by atoms with van der Waals surface area (Å²) in [5.41, 5.74) is 6.63. The fraction of sp³-hybridized carbons (Fsp3) is 0.455. The van der Waals surface area contributed by atoms with Crippen molar-refractivity contribution in [1.82, 2.24) is 0 Å². The van der Waals surface area contributed by atoms with Crippen LogP contribution in [0.2, 0.25) is 0 Å². The lowest BCUT2D eigenvalue weighted by Crippen LogP contribution is -2.18.